The third-order valence-electron chi connectivity index (χ3n) is 5.24. The fourth-order valence-corrected chi connectivity index (χ4v) is 3.67. The molecule has 8 heteroatoms. The van der Waals surface area contributed by atoms with E-state index in [1.165, 1.54) is 4.57 Å². The van der Waals surface area contributed by atoms with Gasteiger partial charge in [0.2, 0.25) is 0 Å². The predicted molar refractivity (Wildman–Crippen MR) is 111 cm³/mol. The number of amides is 2. The van der Waals surface area contributed by atoms with Crippen LogP contribution in [0.25, 0.3) is 10.9 Å². The highest BCUT2D eigenvalue weighted by Gasteiger charge is 2.26. The van der Waals surface area contributed by atoms with Crippen LogP contribution in [0.4, 0.5) is 4.79 Å². The van der Waals surface area contributed by atoms with Crippen molar-refractivity contribution in [2.45, 2.75) is 45.6 Å². The van der Waals surface area contributed by atoms with Crippen molar-refractivity contribution in [1.82, 2.24) is 19.8 Å². The zero-order valence-electron chi connectivity index (χ0n) is 17.6. The minimum Gasteiger partial charge on any atom is -0.444 e. The standard InChI is InChI=1S/C21H30N4O4/c1-21(2,3)29-20(28)25-11-7-14(8-12-25)5-9-23-18(26)16-13-24(4)19(27)17-15(16)6-10-22-17/h6,10,13-14,22H,5,7-9,11-12H2,1-4H3,(H,23,26). The first-order valence-electron chi connectivity index (χ1n) is 10.1. The van der Waals surface area contributed by atoms with Gasteiger partial charge in [0.15, 0.2) is 0 Å². The summed E-state index contributed by atoms with van der Waals surface area (Å²) < 4.78 is 6.84. The monoisotopic (exact) mass is 402 g/mol. The molecule has 2 N–H and O–H groups in total. The second-order valence-electron chi connectivity index (χ2n) is 8.68. The summed E-state index contributed by atoms with van der Waals surface area (Å²) in [5.41, 5.74) is 0.292. The number of nitrogens with zero attached hydrogens (tertiary/aromatic N) is 2. The first kappa shape index (κ1) is 21.0. The van der Waals surface area contributed by atoms with Gasteiger partial charge in [-0.15, -0.1) is 0 Å². The number of likely N-dealkylation sites (tertiary alicyclic amines) is 1. The van der Waals surface area contributed by atoms with Crippen LogP contribution in [0.15, 0.2) is 23.3 Å². The molecule has 3 rings (SSSR count). The van der Waals surface area contributed by atoms with Gasteiger partial charge >= 0.3 is 6.09 Å². The molecule has 0 aliphatic carbocycles. The van der Waals surface area contributed by atoms with Crippen LogP contribution in [-0.2, 0) is 11.8 Å². The van der Waals surface area contributed by atoms with Gasteiger partial charge in [0.25, 0.3) is 11.5 Å². The molecule has 1 fully saturated rings. The third kappa shape index (κ3) is 4.99. The van der Waals surface area contributed by atoms with E-state index in [1.807, 2.05) is 20.8 Å². The summed E-state index contributed by atoms with van der Waals surface area (Å²) in [6.07, 6.45) is 5.65. The van der Waals surface area contributed by atoms with E-state index in [4.69, 9.17) is 4.74 Å². The minimum absolute atomic E-state index is 0.154. The summed E-state index contributed by atoms with van der Waals surface area (Å²) in [4.78, 5) is 41.5. The number of fused-ring (bicyclic) bond motifs is 1. The van der Waals surface area contributed by atoms with Crippen molar-refractivity contribution in [3.8, 4) is 0 Å². The van der Waals surface area contributed by atoms with Crippen molar-refractivity contribution >= 4 is 22.9 Å². The highest BCUT2D eigenvalue weighted by atomic mass is 16.6. The number of carbonyl (C=O) groups is 2. The molecule has 158 valence electrons. The van der Waals surface area contributed by atoms with Crippen molar-refractivity contribution < 1.29 is 14.3 Å². The predicted octanol–water partition coefficient (Wildman–Crippen LogP) is 2.63. The van der Waals surface area contributed by atoms with E-state index in [1.54, 1.807) is 30.4 Å². The van der Waals surface area contributed by atoms with Gasteiger partial charge < -0.3 is 24.5 Å². The van der Waals surface area contributed by atoms with Gasteiger partial charge in [-0.2, -0.15) is 0 Å². The molecule has 0 radical (unpaired) electrons. The number of hydrogen-bond acceptors (Lipinski definition) is 4. The van der Waals surface area contributed by atoms with Crippen LogP contribution in [-0.4, -0.2) is 51.7 Å². The van der Waals surface area contributed by atoms with E-state index in [0.717, 1.165) is 19.3 Å². The van der Waals surface area contributed by atoms with E-state index < -0.39 is 5.60 Å². The second kappa shape index (κ2) is 8.31. The Kier molecular flexibility index (Phi) is 6.00. The van der Waals surface area contributed by atoms with Crippen LogP contribution in [0.5, 0.6) is 0 Å². The lowest BCUT2D eigenvalue weighted by Crippen LogP contribution is -2.42. The molecule has 0 saturated carbocycles. The second-order valence-corrected chi connectivity index (χ2v) is 8.68. The van der Waals surface area contributed by atoms with Gasteiger partial charge in [-0.25, -0.2) is 4.79 Å². The maximum absolute atomic E-state index is 12.6. The van der Waals surface area contributed by atoms with Crippen molar-refractivity contribution in [3.63, 3.8) is 0 Å². The van der Waals surface area contributed by atoms with Gasteiger partial charge in [-0.1, -0.05) is 0 Å². The van der Waals surface area contributed by atoms with Crippen LogP contribution in [0, 0.1) is 5.92 Å². The number of aryl methyl sites for hydroxylation is 1. The van der Waals surface area contributed by atoms with Crippen LogP contribution in [0.1, 0.15) is 50.4 Å². The van der Waals surface area contributed by atoms with Crippen LogP contribution >= 0.6 is 0 Å². The highest BCUT2D eigenvalue weighted by Crippen LogP contribution is 2.22. The number of hydrogen-bond donors (Lipinski definition) is 2. The smallest absolute Gasteiger partial charge is 0.410 e. The van der Waals surface area contributed by atoms with E-state index in [0.29, 0.717) is 42.0 Å². The average Bonchev–Trinajstić information content (AvgIpc) is 3.13. The quantitative estimate of drug-likeness (QED) is 0.822. The molecular weight excluding hydrogens is 372 g/mol. The molecule has 29 heavy (non-hydrogen) atoms. The summed E-state index contributed by atoms with van der Waals surface area (Å²) in [7, 11) is 1.64. The molecule has 0 bridgehead atoms. The first-order chi connectivity index (χ1) is 13.7. The number of ether oxygens (including phenoxy) is 1. The Morgan fingerprint density at radius 1 is 1.28 bits per heavy atom. The SMILES string of the molecule is Cn1cc(C(=O)NCCC2CCN(C(=O)OC(C)(C)C)CC2)c2cc[nH]c2c1=O. The Balaban J connectivity index is 1.49. The minimum atomic E-state index is -0.482. The number of carbonyl (C=O) groups excluding carboxylic acids is 2. The van der Waals surface area contributed by atoms with E-state index in [9.17, 15) is 14.4 Å². The van der Waals surface area contributed by atoms with Crippen molar-refractivity contribution in [2.75, 3.05) is 19.6 Å². The zero-order chi connectivity index (χ0) is 21.2. The Morgan fingerprint density at radius 3 is 2.62 bits per heavy atom. The number of piperidine rings is 1. The maximum atomic E-state index is 12.6. The summed E-state index contributed by atoms with van der Waals surface area (Å²) in [6.45, 7) is 7.52. The number of pyridine rings is 1. The molecule has 1 saturated heterocycles. The first-order valence-corrected chi connectivity index (χ1v) is 10.1. The van der Waals surface area contributed by atoms with Gasteiger partial charge in [-0.05, 0) is 52.0 Å². The van der Waals surface area contributed by atoms with E-state index in [-0.39, 0.29) is 17.6 Å². The fraction of sp³-hybridized carbons (Fsp3) is 0.571. The maximum Gasteiger partial charge on any atom is 0.410 e. The van der Waals surface area contributed by atoms with Crippen molar-refractivity contribution in [1.29, 1.82) is 0 Å². The molecule has 8 nitrogen and oxygen atoms in total. The van der Waals surface area contributed by atoms with Crippen LogP contribution in [0.2, 0.25) is 0 Å². The van der Waals surface area contributed by atoms with E-state index in [2.05, 4.69) is 10.3 Å². The van der Waals surface area contributed by atoms with Crippen LogP contribution < -0.4 is 10.9 Å². The Morgan fingerprint density at radius 2 is 1.97 bits per heavy atom. The van der Waals surface area contributed by atoms with Crippen molar-refractivity contribution in [3.05, 3.63) is 34.4 Å². The average molecular weight is 402 g/mol. The fourth-order valence-electron chi connectivity index (χ4n) is 3.67. The van der Waals surface area contributed by atoms with Gasteiger partial charge in [0.05, 0.1) is 5.56 Å². The molecule has 0 atom stereocenters. The summed E-state index contributed by atoms with van der Waals surface area (Å²) in [5, 5.41) is 3.60. The van der Waals surface area contributed by atoms with Gasteiger partial charge in [0, 0.05) is 44.5 Å². The lowest BCUT2D eigenvalue weighted by molar-refractivity contribution is 0.0182. The third-order valence-corrected chi connectivity index (χ3v) is 5.24. The molecule has 2 amide bonds. The summed E-state index contributed by atoms with van der Waals surface area (Å²) in [6, 6.07) is 1.75. The topological polar surface area (TPSA) is 96.4 Å². The van der Waals surface area contributed by atoms with Crippen LogP contribution in [0.3, 0.4) is 0 Å². The summed E-state index contributed by atoms with van der Waals surface area (Å²) in [5.74, 6) is 0.276. The number of aromatic nitrogens is 2. The number of rotatable bonds is 4. The molecule has 2 aromatic heterocycles. The van der Waals surface area contributed by atoms with Crippen molar-refractivity contribution in [2.24, 2.45) is 13.0 Å². The Bertz CT molecular complexity index is 946. The molecular formula is C21H30N4O4. The van der Waals surface area contributed by atoms with Gasteiger partial charge in [0.1, 0.15) is 11.1 Å². The molecule has 3 heterocycles. The normalized spacial score (nSPS) is 15.5. The molecule has 1 aliphatic rings. The Labute approximate surface area is 170 Å². The van der Waals surface area contributed by atoms with E-state index >= 15 is 0 Å². The Hall–Kier alpha value is -2.77. The number of aromatic amines is 1. The number of H-pyrrole nitrogens is 1. The molecule has 1 aliphatic heterocycles. The molecule has 0 spiro atoms. The molecule has 2 aromatic rings. The number of nitrogens with one attached hydrogen (secondary N) is 2. The van der Waals surface area contributed by atoms with Gasteiger partial charge in [-0.3, -0.25) is 9.59 Å². The lowest BCUT2D eigenvalue weighted by Gasteiger charge is -2.33. The highest BCUT2D eigenvalue weighted by molar-refractivity contribution is 6.05. The molecule has 0 aromatic carbocycles. The largest absolute Gasteiger partial charge is 0.444 e. The summed E-state index contributed by atoms with van der Waals surface area (Å²) >= 11 is 0. The molecule has 0 unspecified atom stereocenters. The zero-order valence-corrected chi connectivity index (χ0v) is 17.6. The lowest BCUT2D eigenvalue weighted by atomic mass is 9.94.